The standard InChI is InChI=1S/C18H20ClN3O3/c1-25-11-3-10-20-17(23)13-6-8-15(9-7-13)21-18(24)22-16-5-2-4-14(19)12-16/h2,4-9,12H,3,10-11H2,1H3,(H,20,23)(H2,21,22,24). The molecule has 0 spiro atoms. The van der Waals surface area contributed by atoms with Gasteiger partial charge in [-0.3, -0.25) is 4.79 Å². The number of hydrogen-bond acceptors (Lipinski definition) is 3. The van der Waals surface area contributed by atoms with Gasteiger partial charge in [-0.05, 0) is 48.9 Å². The highest BCUT2D eigenvalue weighted by molar-refractivity contribution is 6.30. The zero-order valence-corrected chi connectivity index (χ0v) is 14.6. The van der Waals surface area contributed by atoms with E-state index < -0.39 is 0 Å². The van der Waals surface area contributed by atoms with E-state index in [2.05, 4.69) is 16.0 Å². The molecule has 7 heteroatoms. The summed E-state index contributed by atoms with van der Waals surface area (Å²) in [6.45, 7) is 1.15. The normalized spacial score (nSPS) is 10.2. The van der Waals surface area contributed by atoms with Crippen LogP contribution in [-0.4, -0.2) is 32.2 Å². The number of carbonyl (C=O) groups excluding carboxylic acids is 2. The SMILES string of the molecule is COCCCNC(=O)c1ccc(NC(=O)Nc2cccc(Cl)c2)cc1. The van der Waals surface area contributed by atoms with Crippen LogP contribution in [0.3, 0.4) is 0 Å². The van der Waals surface area contributed by atoms with E-state index in [0.29, 0.717) is 35.1 Å². The van der Waals surface area contributed by atoms with E-state index in [4.69, 9.17) is 16.3 Å². The van der Waals surface area contributed by atoms with Crippen LogP contribution in [0.25, 0.3) is 0 Å². The summed E-state index contributed by atoms with van der Waals surface area (Å²) in [5, 5.41) is 8.72. The zero-order valence-electron chi connectivity index (χ0n) is 13.8. The van der Waals surface area contributed by atoms with Gasteiger partial charge in [-0.15, -0.1) is 0 Å². The molecule has 3 N–H and O–H groups in total. The van der Waals surface area contributed by atoms with Gasteiger partial charge in [-0.25, -0.2) is 4.79 Å². The predicted molar refractivity (Wildman–Crippen MR) is 99.4 cm³/mol. The quantitative estimate of drug-likeness (QED) is 0.657. The van der Waals surface area contributed by atoms with Crippen molar-refractivity contribution in [3.63, 3.8) is 0 Å². The molecule has 2 rings (SSSR count). The number of amides is 3. The molecule has 0 aliphatic heterocycles. The summed E-state index contributed by atoms with van der Waals surface area (Å²) >= 11 is 5.87. The Kier molecular flexibility index (Phi) is 7.25. The van der Waals surface area contributed by atoms with Gasteiger partial charge in [0, 0.05) is 42.2 Å². The van der Waals surface area contributed by atoms with Crippen LogP contribution >= 0.6 is 11.6 Å². The second-order valence-electron chi connectivity index (χ2n) is 5.27. The Morgan fingerprint density at radius 2 is 1.76 bits per heavy atom. The monoisotopic (exact) mass is 361 g/mol. The number of carbonyl (C=O) groups is 2. The lowest BCUT2D eigenvalue weighted by Gasteiger charge is -2.09. The lowest BCUT2D eigenvalue weighted by molar-refractivity contribution is 0.0948. The van der Waals surface area contributed by atoms with Crippen molar-refractivity contribution in [2.24, 2.45) is 0 Å². The maximum Gasteiger partial charge on any atom is 0.323 e. The molecule has 0 bridgehead atoms. The number of rotatable bonds is 7. The molecule has 3 amide bonds. The molecule has 0 aliphatic carbocycles. The molecule has 0 aromatic heterocycles. The molecular formula is C18H20ClN3O3. The third kappa shape index (κ3) is 6.45. The molecule has 6 nitrogen and oxygen atoms in total. The Morgan fingerprint density at radius 3 is 2.44 bits per heavy atom. The molecule has 0 unspecified atom stereocenters. The van der Waals surface area contributed by atoms with Gasteiger partial charge in [0.05, 0.1) is 0 Å². The van der Waals surface area contributed by atoms with Crippen molar-refractivity contribution in [2.45, 2.75) is 6.42 Å². The van der Waals surface area contributed by atoms with Crippen molar-refractivity contribution in [1.82, 2.24) is 5.32 Å². The summed E-state index contributed by atoms with van der Waals surface area (Å²) in [4.78, 5) is 23.9. The minimum atomic E-state index is -0.390. The average molecular weight is 362 g/mol. The minimum Gasteiger partial charge on any atom is -0.385 e. The van der Waals surface area contributed by atoms with Gasteiger partial charge in [0.25, 0.3) is 5.91 Å². The van der Waals surface area contributed by atoms with Crippen LogP contribution < -0.4 is 16.0 Å². The molecule has 0 radical (unpaired) electrons. The first-order chi connectivity index (χ1) is 12.1. The van der Waals surface area contributed by atoms with E-state index >= 15 is 0 Å². The Labute approximate surface area is 151 Å². The van der Waals surface area contributed by atoms with Crippen molar-refractivity contribution in [1.29, 1.82) is 0 Å². The third-order valence-electron chi connectivity index (χ3n) is 3.30. The van der Waals surface area contributed by atoms with E-state index in [1.165, 1.54) is 0 Å². The third-order valence-corrected chi connectivity index (χ3v) is 3.53. The largest absolute Gasteiger partial charge is 0.385 e. The Bertz CT molecular complexity index is 720. The number of halogens is 1. The first-order valence-corrected chi connectivity index (χ1v) is 8.17. The molecule has 0 saturated carbocycles. The smallest absolute Gasteiger partial charge is 0.323 e. The topological polar surface area (TPSA) is 79.5 Å². The molecule has 0 heterocycles. The molecule has 25 heavy (non-hydrogen) atoms. The van der Waals surface area contributed by atoms with Gasteiger partial charge in [0.15, 0.2) is 0 Å². The molecule has 0 aliphatic rings. The number of ether oxygens (including phenoxy) is 1. The molecule has 0 saturated heterocycles. The van der Waals surface area contributed by atoms with Crippen molar-refractivity contribution in [3.05, 3.63) is 59.1 Å². The van der Waals surface area contributed by atoms with Crippen molar-refractivity contribution < 1.29 is 14.3 Å². The Balaban J connectivity index is 1.85. The summed E-state index contributed by atoms with van der Waals surface area (Å²) in [7, 11) is 1.62. The van der Waals surface area contributed by atoms with Crippen molar-refractivity contribution in [2.75, 3.05) is 30.9 Å². The molecule has 2 aromatic carbocycles. The van der Waals surface area contributed by atoms with E-state index in [9.17, 15) is 9.59 Å². The van der Waals surface area contributed by atoms with Gasteiger partial charge in [0.1, 0.15) is 0 Å². The highest BCUT2D eigenvalue weighted by Crippen LogP contribution is 2.15. The van der Waals surface area contributed by atoms with Gasteiger partial charge in [-0.2, -0.15) is 0 Å². The molecule has 2 aromatic rings. The number of nitrogens with one attached hydrogen (secondary N) is 3. The van der Waals surface area contributed by atoms with E-state index in [0.717, 1.165) is 6.42 Å². The van der Waals surface area contributed by atoms with Crippen LogP contribution in [0.1, 0.15) is 16.8 Å². The van der Waals surface area contributed by atoms with E-state index in [-0.39, 0.29) is 11.9 Å². The Morgan fingerprint density at radius 1 is 1.04 bits per heavy atom. The number of hydrogen-bond donors (Lipinski definition) is 3. The van der Waals surface area contributed by atoms with Gasteiger partial charge in [0.2, 0.25) is 0 Å². The van der Waals surface area contributed by atoms with Gasteiger partial charge < -0.3 is 20.7 Å². The second-order valence-corrected chi connectivity index (χ2v) is 5.71. The zero-order chi connectivity index (χ0) is 18.1. The summed E-state index contributed by atoms with van der Waals surface area (Å²) in [6.07, 6.45) is 0.756. The maximum absolute atomic E-state index is 12.0. The average Bonchev–Trinajstić information content (AvgIpc) is 2.59. The number of methoxy groups -OCH3 is 1. The van der Waals surface area contributed by atoms with Crippen molar-refractivity contribution >= 4 is 34.9 Å². The summed E-state index contributed by atoms with van der Waals surface area (Å²) < 4.78 is 4.93. The summed E-state index contributed by atoms with van der Waals surface area (Å²) in [5.74, 6) is -0.161. The van der Waals surface area contributed by atoms with Crippen LogP contribution in [0.15, 0.2) is 48.5 Å². The fourth-order valence-electron chi connectivity index (χ4n) is 2.09. The van der Waals surface area contributed by atoms with Crippen LogP contribution in [0.4, 0.5) is 16.2 Å². The fraction of sp³-hybridized carbons (Fsp3) is 0.222. The van der Waals surface area contributed by atoms with Crippen LogP contribution in [0.2, 0.25) is 5.02 Å². The van der Waals surface area contributed by atoms with Crippen LogP contribution in [0.5, 0.6) is 0 Å². The lowest BCUT2D eigenvalue weighted by atomic mass is 10.2. The lowest BCUT2D eigenvalue weighted by Crippen LogP contribution is -2.25. The van der Waals surface area contributed by atoms with Crippen LogP contribution in [-0.2, 0) is 4.74 Å². The number of urea groups is 1. The Hall–Kier alpha value is -2.57. The minimum absolute atomic E-state index is 0.161. The number of benzene rings is 2. The highest BCUT2D eigenvalue weighted by atomic mass is 35.5. The summed E-state index contributed by atoms with van der Waals surface area (Å²) in [6, 6.07) is 13.1. The molecule has 0 atom stereocenters. The fourth-order valence-corrected chi connectivity index (χ4v) is 2.28. The summed E-state index contributed by atoms with van der Waals surface area (Å²) in [5.41, 5.74) is 1.70. The molecule has 0 fully saturated rings. The first-order valence-electron chi connectivity index (χ1n) is 7.79. The predicted octanol–water partition coefficient (Wildman–Crippen LogP) is 3.75. The highest BCUT2D eigenvalue weighted by Gasteiger charge is 2.06. The van der Waals surface area contributed by atoms with E-state index in [1.54, 1.807) is 55.6 Å². The number of anilines is 2. The first kappa shape index (κ1) is 18.8. The second kappa shape index (κ2) is 9.66. The van der Waals surface area contributed by atoms with Crippen LogP contribution in [0, 0.1) is 0 Å². The van der Waals surface area contributed by atoms with Gasteiger partial charge in [-0.1, -0.05) is 17.7 Å². The van der Waals surface area contributed by atoms with Crippen molar-refractivity contribution in [3.8, 4) is 0 Å². The molecule has 132 valence electrons. The van der Waals surface area contributed by atoms with E-state index in [1.807, 2.05) is 0 Å². The van der Waals surface area contributed by atoms with Gasteiger partial charge >= 0.3 is 6.03 Å². The molecular weight excluding hydrogens is 342 g/mol. The maximum atomic E-state index is 12.0.